The molecule has 0 aliphatic carbocycles. The van der Waals surface area contributed by atoms with E-state index in [9.17, 15) is 9.59 Å². The second-order valence-corrected chi connectivity index (χ2v) is 7.09. The first-order chi connectivity index (χ1) is 10.5. The minimum absolute atomic E-state index is 0.196. The lowest BCUT2D eigenvalue weighted by molar-refractivity contribution is -0.119. The first-order valence-electron chi connectivity index (χ1n) is 8.14. The fraction of sp³-hybridized carbons (Fsp3) is 0.647. The lowest BCUT2D eigenvalue weighted by Crippen LogP contribution is -2.10. The number of carbonyl (C=O) groups excluding carboxylic acids is 2. The molecule has 5 heteroatoms. The van der Waals surface area contributed by atoms with Gasteiger partial charge < -0.3 is 11.5 Å². The highest BCUT2D eigenvalue weighted by atomic mass is 32.1. The molecule has 22 heavy (non-hydrogen) atoms. The molecule has 0 fully saturated rings. The number of aryl methyl sites for hydroxylation is 3. The first kappa shape index (κ1) is 18.7. The van der Waals surface area contributed by atoms with E-state index in [4.69, 9.17) is 11.5 Å². The minimum atomic E-state index is -0.217. The highest BCUT2D eigenvalue weighted by Gasteiger charge is 2.06. The molecule has 1 aromatic heterocycles. The highest BCUT2D eigenvalue weighted by molar-refractivity contribution is 7.12. The molecule has 1 heterocycles. The summed E-state index contributed by atoms with van der Waals surface area (Å²) in [5.74, 6) is -0.413. The lowest BCUT2D eigenvalue weighted by atomic mass is 10.1. The summed E-state index contributed by atoms with van der Waals surface area (Å²) in [4.78, 5) is 24.2. The number of thiophene rings is 1. The molecule has 4 nitrogen and oxygen atoms in total. The van der Waals surface area contributed by atoms with Crippen LogP contribution in [-0.4, -0.2) is 11.8 Å². The summed E-state index contributed by atoms with van der Waals surface area (Å²) in [5, 5.41) is 0. The van der Waals surface area contributed by atoms with E-state index in [1.807, 2.05) is 11.3 Å². The molecule has 0 unspecified atom stereocenters. The predicted octanol–water partition coefficient (Wildman–Crippen LogP) is 3.23. The number of hydrogen-bond acceptors (Lipinski definition) is 3. The standard InChI is InChI=1S/C17H28N2O2S/c1-13-12-14(22-15(13)9-7-11-17(19)21)8-5-3-2-4-6-10-16(18)20/h12H,2-11H2,1H3,(H2,18,20)(H2,19,21). The summed E-state index contributed by atoms with van der Waals surface area (Å²) < 4.78 is 0. The number of primary amides is 2. The third-order valence-electron chi connectivity index (χ3n) is 3.74. The molecule has 0 atom stereocenters. The van der Waals surface area contributed by atoms with Crippen molar-refractivity contribution in [1.82, 2.24) is 0 Å². The zero-order valence-corrected chi connectivity index (χ0v) is 14.3. The van der Waals surface area contributed by atoms with Gasteiger partial charge in [0.2, 0.25) is 11.8 Å². The van der Waals surface area contributed by atoms with E-state index >= 15 is 0 Å². The molecule has 0 saturated heterocycles. The van der Waals surface area contributed by atoms with Crippen molar-refractivity contribution in [2.45, 2.75) is 71.1 Å². The minimum Gasteiger partial charge on any atom is -0.370 e. The summed E-state index contributed by atoms with van der Waals surface area (Å²) in [6.45, 7) is 2.14. The quantitative estimate of drug-likeness (QED) is 0.578. The molecule has 0 aromatic carbocycles. The van der Waals surface area contributed by atoms with Gasteiger partial charge in [-0.2, -0.15) is 0 Å². The summed E-state index contributed by atoms with van der Waals surface area (Å²) in [6.07, 6.45) is 9.46. The van der Waals surface area contributed by atoms with E-state index in [-0.39, 0.29) is 11.8 Å². The Kier molecular flexibility index (Phi) is 8.82. The first-order valence-corrected chi connectivity index (χ1v) is 8.95. The Morgan fingerprint density at radius 1 is 0.909 bits per heavy atom. The van der Waals surface area contributed by atoms with Crippen molar-refractivity contribution in [3.05, 3.63) is 21.4 Å². The zero-order chi connectivity index (χ0) is 16.4. The zero-order valence-electron chi connectivity index (χ0n) is 13.5. The molecule has 4 N–H and O–H groups in total. The van der Waals surface area contributed by atoms with Gasteiger partial charge >= 0.3 is 0 Å². The van der Waals surface area contributed by atoms with E-state index in [0.717, 1.165) is 32.1 Å². The SMILES string of the molecule is Cc1cc(CCCCCCCC(N)=O)sc1CCCC(N)=O. The van der Waals surface area contributed by atoms with Gasteiger partial charge in [0.1, 0.15) is 0 Å². The molecule has 1 rings (SSSR count). The Hall–Kier alpha value is -1.36. The van der Waals surface area contributed by atoms with Crippen LogP contribution in [0.3, 0.4) is 0 Å². The molecular formula is C17H28N2O2S. The summed E-state index contributed by atoms with van der Waals surface area (Å²) in [6, 6.07) is 2.28. The number of rotatable bonds is 12. The molecule has 0 spiro atoms. The van der Waals surface area contributed by atoms with E-state index in [1.54, 1.807) is 0 Å². The number of carbonyl (C=O) groups is 2. The van der Waals surface area contributed by atoms with Crippen LogP contribution < -0.4 is 11.5 Å². The average Bonchev–Trinajstić information content (AvgIpc) is 2.77. The van der Waals surface area contributed by atoms with Crippen LogP contribution in [0, 0.1) is 6.92 Å². The molecule has 0 radical (unpaired) electrons. The Morgan fingerprint density at radius 2 is 1.50 bits per heavy atom. The van der Waals surface area contributed by atoms with Crippen molar-refractivity contribution in [3.63, 3.8) is 0 Å². The van der Waals surface area contributed by atoms with Gasteiger partial charge in [0.15, 0.2) is 0 Å². The molecule has 0 bridgehead atoms. The van der Waals surface area contributed by atoms with E-state index in [1.165, 1.54) is 34.6 Å². The Balaban J connectivity index is 2.18. The smallest absolute Gasteiger partial charge is 0.217 e. The Morgan fingerprint density at radius 3 is 2.18 bits per heavy atom. The molecule has 1 aromatic rings. The van der Waals surface area contributed by atoms with Gasteiger partial charge in [-0.05, 0) is 50.7 Å². The third kappa shape index (κ3) is 8.17. The summed E-state index contributed by atoms with van der Waals surface area (Å²) in [7, 11) is 0. The Labute approximate surface area is 137 Å². The summed E-state index contributed by atoms with van der Waals surface area (Å²) >= 11 is 1.87. The van der Waals surface area contributed by atoms with Gasteiger partial charge in [0.05, 0.1) is 0 Å². The second-order valence-electron chi connectivity index (χ2n) is 5.87. The van der Waals surface area contributed by atoms with Crippen LogP contribution in [0.5, 0.6) is 0 Å². The third-order valence-corrected chi connectivity index (χ3v) is 5.10. The van der Waals surface area contributed by atoms with Crippen LogP contribution in [0.4, 0.5) is 0 Å². The van der Waals surface area contributed by atoms with Gasteiger partial charge in [-0.3, -0.25) is 9.59 Å². The highest BCUT2D eigenvalue weighted by Crippen LogP contribution is 2.25. The molecule has 2 amide bonds. The predicted molar refractivity (Wildman–Crippen MR) is 91.8 cm³/mol. The maximum Gasteiger partial charge on any atom is 0.217 e. The fourth-order valence-corrected chi connectivity index (χ4v) is 3.78. The molecular weight excluding hydrogens is 296 g/mol. The van der Waals surface area contributed by atoms with Crippen LogP contribution in [0.25, 0.3) is 0 Å². The van der Waals surface area contributed by atoms with Crippen LogP contribution in [-0.2, 0) is 22.4 Å². The largest absolute Gasteiger partial charge is 0.370 e. The number of unbranched alkanes of at least 4 members (excludes halogenated alkanes) is 4. The van der Waals surface area contributed by atoms with Crippen molar-refractivity contribution < 1.29 is 9.59 Å². The van der Waals surface area contributed by atoms with E-state index < -0.39 is 0 Å². The van der Waals surface area contributed by atoms with E-state index in [0.29, 0.717) is 12.8 Å². The van der Waals surface area contributed by atoms with Gasteiger partial charge in [0, 0.05) is 22.6 Å². The van der Waals surface area contributed by atoms with Gasteiger partial charge in [-0.25, -0.2) is 0 Å². The van der Waals surface area contributed by atoms with Crippen LogP contribution in [0.1, 0.15) is 66.7 Å². The maximum absolute atomic E-state index is 10.8. The summed E-state index contributed by atoms with van der Waals surface area (Å²) in [5.41, 5.74) is 11.6. The van der Waals surface area contributed by atoms with Gasteiger partial charge in [-0.15, -0.1) is 11.3 Å². The monoisotopic (exact) mass is 324 g/mol. The lowest BCUT2D eigenvalue weighted by Gasteiger charge is -2.00. The van der Waals surface area contributed by atoms with Crippen LogP contribution in [0.15, 0.2) is 6.07 Å². The van der Waals surface area contributed by atoms with Crippen molar-refractivity contribution in [2.75, 3.05) is 0 Å². The van der Waals surface area contributed by atoms with Crippen molar-refractivity contribution in [1.29, 1.82) is 0 Å². The van der Waals surface area contributed by atoms with Crippen molar-refractivity contribution >= 4 is 23.2 Å². The topological polar surface area (TPSA) is 86.2 Å². The fourth-order valence-electron chi connectivity index (χ4n) is 2.51. The average molecular weight is 324 g/mol. The number of nitrogens with two attached hydrogens (primary N) is 2. The van der Waals surface area contributed by atoms with Crippen LogP contribution in [0.2, 0.25) is 0 Å². The van der Waals surface area contributed by atoms with Crippen LogP contribution >= 0.6 is 11.3 Å². The van der Waals surface area contributed by atoms with Gasteiger partial charge in [0.25, 0.3) is 0 Å². The molecule has 0 aliphatic rings. The number of hydrogen-bond donors (Lipinski definition) is 2. The normalized spacial score (nSPS) is 10.8. The second kappa shape index (κ2) is 10.4. The van der Waals surface area contributed by atoms with Crippen molar-refractivity contribution in [3.8, 4) is 0 Å². The molecule has 0 aliphatic heterocycles. The molecule has 0 saturated carbocycles. The Bertz CT molecular complexity index is 483. The number of amides is 2. The molecule has 124 valence electrons. The van der Waals surface area contributed by atoms with E-state index in [2.05, 4.69) is 13.0 Å². The van der Waals surface area contributed by atoms with Crippen molar-refractivity contribution in [2.24, 2.45) is 11.5 Å². The maximum atomic E-state index is 10.8. The van der Waals surface area contributed by atoms with Gasteiger partial charge in [-0.1, -0.05) is 19.3 Å².